The van der Waals surface area contributed by atoms with Crippen LogP contribution in [0.5, 0.6) is 5.75 Å². The number of sulfonamides is 1. The Labute approximate surface area is 225 Å². The molecule has 0 saturated heterocycles. The second-order valence-corrected chi connectivity index (χ2v) is 11.2. The largest absolute Gasteiger partial charge is 0.573 e. The smallest absolute Gasteiger partial charge is 0.406 e. The van der Waals surface area contributed by atoms with Crippen molar-refractivity contribution in [2.45, 2.75) is 36.9 Å². The summed E-state index contributed by atoms with van der Waals surface area (Å²) in [6.45, 7) is 2.17. The van der Waals surface area contributed by atoms with Crippen molar-refractivity contribution in [2.24, 2.45) is 11.8 Å². The molecule has 2 aromatic carbocycles. The molecule has 3 aromatic rings. The second-order valence-electron chi connectivity index (χ2n) is 9.47. The highest BCUT2D eigenvalue weighted by molar-refractivity contribution is 7.89. The Bertz CT molecular complexity index is 1330. The van der Waals surface area contributed by atoms with Crippen molar-refractivity contribution in [2.75, 3.05) is 44.0 Å². The van der Waals surface area contributed by atoms with Gasteiger partial charge in [-0.15, -0.1) is 13.2 Å². The van der Waals surface area contributed by atoms with Crippen molar-refractivity contribution in [3.8, 4) is 5.75 Å². The molecule has 3 N–H and O–H groups in total. The van der Waals surface area contributed by atoms with E-state index in [1.54, 1.807) is 7.11 Å². The van der Waals surface area contributed by atoms with Crippen LogP contribution in [0.3, 0.4) is 0 Å². The maximum atomic E-state index is 12.6. The molecule has 0 unspecified atom stereocenters. The molecule has 0 amide bonds. The molecule has 0 radical (unpaired) electrons. The van der Waals surface area contributed by atoms with Crippen molar-refractivity contribution in [1.29, 1.82) is 0 Å². The Morgan fingerprint density at radius 1 is 0.923 bits per heavy atom. The van der Waals surface area contributed by atoms with Gasteiger partial charge in [0.1, 0.15) is 11.6 Å². The number of rotatable bonds is 12. The van der Waals surface area contributed by atoms with Gasteiger partial charge in [-0.05, 0) is 73.9 Å². The number of anilines is 2. The van der Waals surface area contributed by atoms with E-state index in [0.717, 1.165) is 66.7 Å². The van der Waals surface area contributed by atoms with Gasteiger partial charge in [-0.25, -0.2) is 18.1 Å². The number of ether oxygens (including phenoxy) is 2. The second kappa shape index (κ2) is 12.8. The van der Waals surface area contributed by atoms with Crippen LogP contribution in [0.15, 0.2) is 53.4 Å². The van der Waals surface area contributed by atoms with Crippen LogP contribution in [0.25, 0.3) is 10.9 Å². The number of hydrogen-bond acceptors (Lipinski definition) is 8. The molecule has 0 spiro atoms. The molecule has 0 bridgehead atoms. The number of para-hydroxylation sites is 1. The summed E-state index contributed by atoms with van der Waals surface area (Å²) in [6.07, 6.45) is -1.27. The van der Waals surface area contributed by atoms with Crippen LogP contribution >= 0.6 is 0 Å². The third-order valence-electron chi connectivity index (χ3n) is 6.65. The van der Waals surface area contributed by atoms with Crippen molar-refractivity contribution >= 4 is 32.7 Å². The van der Waals surface area contributed by atoms with E-state index in [4.69, 9.17) is 4.74 Å². The molecule has 39 heavy (non-hydrogen) atoms. The number of hydrogen-bond donors (Lipinski definition) is 3. The zero-order chi connectivity index (χ0) is 27.9. The molecule has 1 aromatic heterocycles. The lowest BCUT2D eigenvalue weighted by Gasteiger charge is -2.28. The molecular weight excluding hydrogens is 535 g/mol. The number of alkyl halides is 3. The van der Waals surface area contributed by atoms with Crippen LogP contribution in [0, 0.1) is 11.8 Å². The quantitative estimate of drug-likeness (QED) is 0.268. The number of nitrogens with zero attached hydrogens (tertiary/aromatic N) is 2. The number of halogens is 3. The number of aromatic nitrogens is 2. The molecule has 4 rings (SSSR count). The van der Waals surface area contributed by atoms with Gasteiger partial charge in [0.05, 0.1) is 17.0 Å². The Morgan fingerprint density at radius 3 is 2.26 bits per heavy atom. The topological polar surface area (TPSA) is 114 Å². The molecule has 1 saturated carbocycles. The van der Waals surface area contributed by atoms with E-state index in [1.807, 2.05) is 24.3 Å². The molecule has 1 aliphatic carbocycles. The highest BCUT2D eigenvalue weighted by Gasteiger charge is 2.31. The fourth-order valence-corrected chi connectivity index (χ4v) is 5.68. The summed E-state index contributed by atoms with van der Waals surface area (Å²) in [5, 5.41) is 7.60. The van der Waals surface area contributed by atoms with Gasteiger partial charge in [0.25, 0.3) is 0 Å². The van der Waals surface area contributed by atoms with Gasteiger partial charge in [0, 0.05) is 32.1 Å². The first-order chi connectivity index (χ1) is 18.6. The van der Waals surface area contributed by atoms with Gasteiger partial charge in [-0.2, -0.15) is 4.98 Å². The van der Waals surface area contributed by atoms with E-state index in [2.05, 4.69) is 30.1 Å². The minimum absolute atomic E-state index is 0.110. The number of fused-ring (bicyclic) bond motifs is 1. The Kier molecular flexibility index (Phi) is 9.46. The van der Waals surface area contributed by atoms with Crippen molar-refractivity contribution < 1.29 is 31.1 Å². The van der Waals surface area contributed by atoms with E-state index in [1.165, 1.54) is 0 Å². The average molecular weight is 568 g/mol. The fourth-order valence-electron chi connectivity index (χ4n) is 4.57. The van der Waals surface area contributed by atoms with Gasteiger partial charge >= 0.3 is 6.36 Å². The maximum Gasteiger partial charge on any atom is 0.573 e. The molecule has 13 heteroatoms. The minimum Gasteiger partial charge on any atom is -0.406 e. The third kappa shape index (κ3) is 8.41. The van der Waals surface area contributed by atoms with Crippen molar-refractivity contribution in [3.63, 3.8) is 0 Å². The molecule has 1 aliphatic rings. The first-order valence-electron chi connectivity index (χ1n) is 12.7. The predicted octanol–water partition coefficient (Wildman–Crippen LogP) is 4.78. The van der Waals surface area contributed by atoms with Gasteiger partial charge in [0.2, 0.25) is 16.0 Å². The molecular formula is C26H32F3N5O4S. The Hall–Kier alpha value is -3.16. The third-order valence-corrected chi connectivity index (χ3v) is 8.09. The lowest BCUT2D eigenvalue weighted by Crippen LogP contribution is -2.32. The molecule has 0 aliphatic heterocycles. The van der Waals surface area contributed by atoms with Gasteiger partial charge in [-0.1, -0.05) is 12.1 Å². The van der Waals surface area contributed by atoms with Crippen molar-refractivity contribution in [1.82, 2.24) is 14.7 Å². The standard InChI is InChI=1S/C26H32F3N5O4S/c1-37-15-14-30-24-22-4-2-3-5-23(22)33-25(34-24)31-16-18-6-8-19(9-7-18)17-32-39(35,36)21-12-10-20(11-13-21)38-26(27,28)29/h2-5,10-13,18-19,32H,6-9,14-17H2,1H3,(H2,30,31,33,34). The van der Waals surface area contributed by atoms with Crippen LogP contribution in [0.2, 0.25) is 0 Å². The number of benzene rings is 2. The summed E-state index contributed by atoms with van der Waals surface area (Å²) in [7, 11) is -2.19. The molecule has 9 nitrogen and oxygen atoms in total. The van der Waals surface area contributed by atoms with Crippen LogP contribution in [-0.4, -0.2) is 58.1 Å². The first-order valence-corrected chi connectivity index (χ1v) is 14.2. The summed E-state index contributed by atoms with van der Waals surface area (Å²) < 4.78 is 73.6. The van der Waals surface area contributed by atoms with Crippen LogP contribution in [0.4, 0.5) is 24.9 Å². The first kappa shape index (κ1) is 28.8. The Balaban J connectivity index is 1.25. The lowest BCUT2D eigenvalue weighted by molar-refractivity contribution is -0.274. The number of methoxy groups -OCH3 is 1. The molecule has 1 heterocycles. The highest BCUT2D eigenvalue weighted by Crippen LogP contribution is 2.30. The van der Waals surface area contributed by atoms with E-state index < -0.39 is 22.1 Å². The van der Waals surface area contributed by atoms with E-state index in [0.29, 0.717) is 31.6 Å². The normalized spacial score (nSPS) is 18.2. The molecule has 0 atom stereocenters. The summed E-state index contributed by atoms with van der Waals surface area (Å²) in [5.41, 5.74) is 0.841. The summed E-state index contributed by atoms with van der Waals surface area (Å²) in [5.74, 6) is 1.41. The molecule has 212 valence electrons. The average Bonchev–Trinajstić information content (AvgIpc) is 2.91. The Morgan fingerprint density at radius 2 is 1.59 bits per heavy atom. The molecule has 1 fully saturated rings. The summed E-state index contributed by atoms with van der Waals surface area (Å²) >= 11 is 0. The van der Waals surface area contributed by atoms with Crippen LogP contribution < -0.4 is 20.1 Å². The van der Waals surface area contributed by atoms with Gasteiger partial charge in [-0.3, -0.25) is 0 Å². The zero-order valence-electron chi connectivity index (χ0n) is 21.5. The highest BCUT2D eigenvalue weighted by atomic mass is 32.2. The maximum absolute atomic E-state index is 12.6. The predicted molar refractivity (Wildman–Crippen MR) is 142 cm³/mol. The summed E-state index contributed by atoms with van der Waals surface area (Å²) in [6, 6.07) is 12.0. The monoisotopic (exact) mass is 567 g/mol. The van der Waals surface area contributed by atoms with Gasteiger partial charge in [0.15, 0.2) is 0 Å². The summed E-state index contributed by atoms with van der Waals surface area (Å²) in [4.78, 5) is 9.18. The van der Waals surface area contributed by atoms with Gasteiger partial charge < -0.3 is 20.1 Å². The van der Waals surface area contributed by atoms with Crippen molar-refractivity contribution in [3.05, 3.63) is 48.5 Å². The van der Waals surface area contributed by atoms with E-state index in [9.17, 15) is 21.6 Å². The fraction of sp³-hybridized carbons (Fsp3) is 0.462. The van der Waals surface area contributed by atoms with Crippen LogP contribution in [-0.2, 0) is 14.8 Å². The SMILES string of the molecule is COCCNc1nc(NCC2CCC(CNS(=O)(=O)c3ccc(OC(F)(F)F)cc3)CC2)nc2ccccc12. The zero-order valence-corrected chi connectivity index (χ0v) is 22.3. The van der Waals surface area contributed by atoms with E-state index in [-0.39, 0.29) is 17.4 Å². The van der Waals surface area contributed by atoms with E-state index >= 15 is 0 Å². The number of nitrogens with one attached hydrogen (secondary N) is 3. The lowest BCUT2D eigenvalue weighted by atomic mass is 9.82. The van der Waals surface area contributed by atoms with Crippen LogP contribution in [0.1, 0.15) is 25.7 Å². The minimum atomic E-state index is -4.83.